The summed E-state index contributed by atoms with van der Waals surface area (Å²) < 4.78 is 17.3. The number of carbonyl (C=O) groups excluding carboxylic acids is 2. The number of carbonyl (C=O) groups is 2. The lowest BCUT2D eigenvalue weighted by molar-refractivity contribution is 0.0549. The van der Waals surface area contributed by atoms with Gasteiger partial charge in [0.2, 0.25) is 0 Å². The average Bonchev–Trinajstić information content (AvgIpc) is 3.28. The number of aromatic nitrogens is 2. The molecule has 0 saturated heterocycles. The molecule has 0 atom stereocenters. The van der Waals surface area contributed by atoms with Crippen molar-refractivity contribution in [3.63, 3.8) is 0 Å². The lowest BCUT2D eigenvalue weighted by Crippen LogP contribution is -2.15. The van der Waals surface area contributed by atoms with Crippen molar-refractivity contribution in [1.82, 2.24) is 9.78 Å². The second-order valence-corrected chi connectivity index (χ2v) is 7.69. The van der Waals surface area contributed by atoms with Gasteiger partial charge in [-0.25, -0.2) is 14.3 Å². The van der Waals surface area contributed by atoms with Gasteiger partial charge in [-0.15, -0.1) is 0 Å². The number of para-hydroxylation sites is 1. The molecular weight excluding hydrogens is 456 g/mol. The van der Waals surface area contributed by atoms with Crippen LogP contribution in [-0.4, -0.2) is 35.9 Å². The van der Waals surface area contributed by atoms with E-state index in [1.807, 2.05) is 24.3 Å². The van der Waals surface area contributed by atoms with Crippen molar-refractivity contribution in [3.05, 3.63) is 101 Å². The van der Waals surface area contributed by atoms with Gasteiger partial charge in [0.25, 0.3) is 0 Å². The molecule has 0 bridgehead atoms. The molecule has 3 aromatic carbocycles. The standard InChI is InChI=1S/C26H21ClN2O5/c1-32-25(30)22-23(28-29(24(22)26(31)33-2)20-11-4-3-5-12-20)18-9-7-13-21(15-18)34-16-17-8-6-10-19(27)14-17/h3-15H,16H2,1-2H3. The number of esters is 2. The van der Waals surface area contributed by atoms with Crippen LogP contribution in [0.15, 0.2) is 78.9 Å². The Morgan fingerprint density at radius 1 is 0.882 bits per heavy atom. The molecule has 4 aromatic rings. The SMILES string of the molecule is COC(=O)c1c(-c2cccc(OCc3cccc(Cl)c3)c2)nn(-c2ccccc2)c1C(=O)OC. The van der Waals surface area contributed by atoms with Crippen molar-refractivity contribution in [1.29, 1.82) is 0 Å². The number of benzene rings is 3. The van der Waals surface area contributed by atoms with Crippen LogP contribution in [0.3, 0.4) is 0 Å². The zero-order valence-corrected chi connectivity index (χ0v) is 19.3. The molecule has 0 saturated carbocycles. The Morgan fingerprint density at radius 3 is 2.32 bits per heavy atom. The summed E-state index contributed by atoms with van der Waals surface area (Å²) in [6.07, 6.45) is 0. The lowest BCUT2D eigenvalue weighted by atomic mass is 10.1. The highest BCUT2D eigenvalue weighted by Crippen LogP contribution is 2.31. The van der Waals surface area contributed by atoms with Gasteiger partial charge in [0.15, 0.2) is 5.69 Å². The molecular formula is C26H21ClN2O5. The largest absolute Gasteiger partial charge is 0.489 e. The van der Waals surface area contributed by atoms with Crippen LogP contribution in [-0.2, 0) is 16.1 Å². The van der Waals surface area contributed by atoms with Gasteiger partial charge < -0.3 is 14.2 Å². The van der Waals surface area contributed by atoms with Gasteiger partial charge in [-0.05, 0) is 42.0 Å². The summed E-state index contributed by atoms with van der Waals surface area (Å²) in [5.41, 5.74) is 2.32. The van der Waals surface area contributed by atoms with Crippen molar-refractivity contribution in [2.24, 2.45) is 0 Å². The predicted octanol–water partition coefficient (Wildman–Crippen LogP) is 5.34. The topological polar surface area (TPSA) is 79.7 Å². The predicted molar refractivity (Wildman–Crippen MR) is 127 cm³/mol. The van der Waals surface area contributed by atoms with Gasteiger partial charge in [-0.3, -0.25) is 0 Å². The molecule has 0 aliphatic carbocycles. The molecule has 0 aliphatic rings. The third kappa shape index (κ3) is 4.79. The third-order valence-corrected chi connectivity index (χ3v) is 5.29. The Bertz CT molecular complexity index is 1330. The second kappa shape index (κ2) is 10.2. The van der Waals surface area contributed by atoms with Gasteiger partial charge >= 0.3 is 11.9 Å². The van der Waals surface area contributed by atoms with Crippen molar-refractivity contribution in [2.45, 2.75) is 6.61 Å². The number of ether oxygens (including phenoxy) is 3. The van der Waals surface area contributed by atoms with Crippen LogP contribution in [0.25, 0.3) is 16.9 Å². The van der Waals surface area contributed by atoms with E-state index in [0.29, 0.717) is 28.6 Å². The molecule has 7 nitrogen and oxygen atoms in total. The summed E-state index contributed by atoms with van der Waals surface area (Å²) in [6, 6.07) is 23.5. The summed E-state index contributed by atoms with van der Waals surface area (Å²) in [5, 5.41) is 5.23. The van der Waals surface area contributed by atoms with E-state index < -0.39 is 11.9 Å². The van der Waals surface area contributed by atoms with E-state index in [1.54, 1.807) is 54.6 Å². The van der Waals surface area contributed by atoms with Gasteiger partial charge in [-0.2, -0.15) is 5.10 Å². The Labute approximate surface area is 201 Å². The molecule has 1 aromatic heterocycles. The van der Waals surface area contributed by atoms with Crippen LogP contribution in [0.1, 0.15) is 26.4 Å². The van der Waals surface area contributed by atoms with E-state index in [2.05, 4.69) is 5.10 Å². The molecule has 8 heteroatoms. The molecule has 172 valence electrons. The van der Waals surface area contributed by atoms with Crippen molar-refractivity contribution < 1.29 is 23.8 Å². The van der Waals surface area contributed by atoms with E-state index >= 15 is 0 Å². The average molecular weight is 477 g/mol. The highest BCUT2D eigenvalue weighted by molar-refractivity contribution is 6.30. The van der Waals surface area contributed by atoms with Crippen LogP contribution >= 0.6 is 11.6 Å². The molecule has 34 heavy (non-hydrogen) atoms. The number of rotatable bonds is 7. The minimum atomic E-state index is -0.712. The van der Waals surface area contributed by atoms with Crippen LogP contribution in [0, 0.1) is 0 Å². The summed E-state index contributed by atoms with van der Waals surface area (Å²) in [4.78, 5) is 25.5. The fourth-order valence-corrected chi connectivity index (χ4v) is 3.70. The van der Waals surface area contributed by atoms with Crippen molar-refractivity contribution in [3.8, 4) is 22.7 Å². The minimum Gasteiger partial charge on any atom is -0.489 e. The van der Waals surface area contributed by atoms with E-state index in [1.165, 1.54) is 18.9 Å². The maximum atomic E-state index is 12.8. The molecule has 0 radical (unpaired) electrons. The van der Waals surface area contributed by atoms with E-state index in [-0.39, 0.29) is 17.0 Å². The monoisotopic (exact) mass is 476 g/mol. The molecule has 0 N–H and O–H groups in total. The summed E-state index contributed by atoms with van der Waals surface area (Å²) in [5.74, 6) is -0.860. The fraction of sp³-hybridized carbons (Fsp3) is 0.115. The van der Waals surface area contributed by atoms with Crippen LogP contribution in [0.4, 0.5) is 0 Å². The lowest BCUT2D eigenvalue weighted by Gasteiger charge is -2.08. The number of nitrogens with zero attached hydrogens (tertiary/aromatic N) is 2. The molecule has 0 fully saturated rings. The summed E-state index contributed by atoms with van der Waals surface area (Å²) in [6.45, 7) is 0.305. The summed E-state index contributed by atoms with van der Waals surface area (Å²) in [7, 11) is 2.49. The first-order valence-corrected chi connectivity index (χ1v) is 10.7. The second-order valence-electron chi connectivity index (χ2n) is 7.25. The normalized spacial score (nSPS) is 10.6. The molecule has 1 heterocycles. The van der Waals surface area contributed by atoms with Gasteiger partial charge in [0.1, 0.15) is 23.6 Å². The molecule has 4 rings (SSSR count). The number of halogens is 1. The maximum Gasteiger partial charge on any atom is 0.357 e. The fourth-order valence-electron chi connectivity index (χ4n) is 3.48. The van der Waals surface area contributed by atoms with Gasteiger partial charge in [-0.1, -0.05) is 54.1 Å². The van der Waals surface area contributed by atoms with E-state index in [9.17, 15) is 9.59 Å². The molecule has 0 aliphatic heterocycles. The third-order valence-electron chi connectivity index (χ3n) is 5.06. The van der Waals surface area contributed by atoms with Gasteiger partial charge in [0, 0.05) is 10.6 Å². The highest BCUT2D eigenvalue weighted by atomic mass is 35.5. The van der Waals surface area contributed by atoms with Crippen molar-refractivity contribution in [2.75, 3.05) is 14.2 Å². The number of hydrogen-bond donors (Lipinski definition) is 0. The Kier molecular flexibility index (Phi) is 6.94. The first-order chi connectivity index (χ1) is 16.5. The number of hydrogen-bond acceptors (Lipinski definition) is 6. The van der Waals surface area contributed by atoms with Crippen molar-refractivity contribution >= 4 is 23.5 Å². The molecule has 0 unspecified atom stereocenters. The number of methoxy groups -OCH3 is 2. The summed E-state index contributed by atoms with van der Waals surface area (Å²) >= 11 is 6.05. The zero-order valence-electron chi connectivity index (χ0n) is 18.5. The smallest absolute Gasteiger partial charge is 0.357 e. The molecule has 0 spiro atoms. The van der Waals surface area contributed by atoms with E-state index in [4.69, 9.17) is 25.8 Å². The maximum absolute atomic E-state index is 12.8. The minimum absolute atomic E-state index is 0.00481. The zero-order chi connectivity index (χ0) is 24.1. The molecule has 0 amide bonds. The van der Waals surface area contributed by atoms with Gasteiger partial charge in [0.05, 0.1) is 19.9 Å². The van der Waals surface area contributed by atoms with E-state index in [0.717, 1.165) is 5.56 Å². The first kappa shape index (κ1) is 23.1. The van der Waals surface area contributed by atoms with Crippen LogP contribution in [0.2, 0.25) is 5.02 Å². The van der Waals surface area contributed by atoms with Crippen LogP contribution < -0.4 is 4.74 Å². The Morgan fingerprint density at radius 2 is 1.62 bits per heavy atom. The quantitative estimate of drug-likeness (QED) is 0.335. The highest BCUT2D eigenvalue weighted by Gasteiger charge is 2.31. The Balaban J connectivity index is 1.79. The van der Waals surface area contributed by atoms with Crippen LogP contribution in [0.5, 0.6) is 5.75 Å². The Hall–Kier alpha value is -4.10. The first-order valence-electron chi connectivity index (χ1n) is 10.3.